The van der Waals surface area contributed by atoms with Crippen LogP contribution in [0.15, 0.2) is 27.5 Å². The zero-order valence-electron chi connectivity index (χ0n) is 9.52. The maximum atomic E-state index is 12.0. The average molecular weight is 289 g/mol. The number of rotatable bonds is 2. The van der Waals surface area contributed by atoms with Crippen LogP contribution in [0.4, 0.5) is 4.79 Å². The van der Waals surface area contributed by atoms with Gasteiger partial charge >= 0.3 is 11.7 Å². The molecule has 1 heterocycles. The largest absolute Gasteiger partial charge is 0.366 e. The number of carbonyl (C=O) groups is 1. The van der Waals surface area contributed by atoms with Gasteiger partial charge in [0.1, 0.15) is 5.52 Å². The monoisotopic (exact) mass is 288 g/mol. The molecule has 2 aromatic rings. The van der Waals surface area contributed by atoms with Crippen molar-refractivity contribution < 1.29 is 9.32 Å². The minimum absolute atomic E-state index is 0.273. The summed E-state index contributed by atoms with van der Waals surface area (Å²) in [4.78, 5) is 25.0. The van der Waals surface area contributed by atoms with Crippen molar-refractivity contribution in [3.05, 3.63) is 33.6 Å². The molecule has 0 radical (unpaired) electrons. The fourth-order valence-corrected chi connectivity index (χ4v) is 1.98. The lowest BCUT2D eigenvalue weighted by Gasteiger charge is -2.14. The van der Waals surface area contributed by atoms with Gasteiger partial charge in [-0.3, -0.25) is 0 Å². The Labute approximate surface area is 112 Å². The first-order valence-electron chi connectivity index (χ1n) is 5.17. The second-order valence-corrected chi connectivity index (χ2v) is 4.54. The minimum Gasteiger partial charge on any atom is -0.326 e. The van der Waals surface area contributed by atoms with Gasteiger partial charge in [0.05, 0.1) is 5.39 Å². The van der Waals surface area contributed by atoms with E-state index in [1.54, 1.807) is 19.2 Å². The summed E-state index contributed by atoms with van der Waals surface area (Å²) in [6.45, 7) is 0.358. The summed E-state index contributed by atoms with van der Waals surface area (Å²) < 4.78 is 5.86. The Kier molecular flexibility index (Phi) is 3.63. The maximum Gasteiger partial charge on any atom is 0.366 e. The molecule has 96 valence electrons. The molecule has 0 saturated heterocycles. The van der Waals surface area contributed by atoms with Crippen LogP contribution in [0.5, 0.6) is 0 Å². The molecule has 1 amide bonds. The van der Waals surface area contributed by atoms with E-state index in [1.165, 1.54) is 11.0 Å². The van der Waals surface area contributed by atoms with Crippen molar-refractivity contribution in [2.24, 2.45) is 0 Å². The molecular formula is C11H10Cl2N2O3. The van der Waals surface area contributed by atoms with Crippen molar-refractivity contribution in [2.45, 2.75) is 0 Å². The van der Waals surface area contributed by atoms with E-state index in [0.29, 0.717) is 23.0 Å². The standard InChI is InChI=1S/C11H10Cl2N2O3/c1-14(5-4-12)11(17)15-9-3-2-7(13)6-8(9)10(16)18-15/h2-3,6H,4-5H2,1H3. The van der Waals surface area contributed by atoms with E-state index in [2.05, 4.69) is 0 Å². The summed E-state index contributed by atoms with van der Waals surface area (Å²) in [5.74, 6) is 0.303. The van der Waals surface area contributed by atoms with Crippen molar-refractivity contribution in [1.82, 2.24) is 9.64 Å². The van der Waals surface area contributed by atoms with Gasteiger partial charge in [0, 0.05) is 24.5 Å². The Balaban J connectivity index is 2.52. The highest BCUT2D eigenvalue weighted by atomic mass is 35.5. The number of halogens is 2. The molecule has 0 unspecified atom stereocenters. The highest BCUT2D eigenvalue weighted by molar-refractivity contribution is 6.31. The first-order valence-corrected chi connectivity index (χ1v) is 6.09. The zero-order chi connectivity index (χ0) is 13.3. The molecule has 0 aliphatic carbocycles. The number of amides is 1. The molecule has 0 aliphatic rings. The number of hydrogen-bond acceptors (Lipinski definition) is 3. The van der Waals surface area contributed by atoms with Crippen LogP contribution in [-0.2, 0) is 0 Å². The minimum atomic E-state index is -0.597. The second kappa shape index (κ2) is 5.04. The number of alkyl halides is 1. The molecule has 2 rings (SSSR count). The summed E-state index contributed by atoms with van der Waals surface area (Å²) in [5, 5.41) is 0.684. The molecule has 1 aromatic carbocycles. The maximum absolute atomic E-state index is 12.0. The highest BCUT2D eigenvalue weighted by Gasteiger charge is 2.18. The Morgan fingerprint density at radius 3 is 2.89 bits per heavy atom. The van der Waals surface area contributed by atoms with Crippen molar-refractivity contribution >= 4 is 40.1 Å². The SMILES string of the molecule is CN(CCCl)C(=O)n1oc(=O)c2cc(Cl)ccc21. The normalized spacial score (nSPS) is 10.8. The average Bonchev–Trinajstić information content (AvgIpc) is 2.66. The number of nitrogens with zero attached hydrogens (tertiary/aromatic N) is 2. The first kappa shape index (κ1) is 13.0. The summed E-state index contributed by atoms with van der Waals surface area (Å²) in [7, 11) is 1.58. The summed E-state index contributed by atoms with van der Waals surface area (Å²) in [6, 6.07) is 4.16. The van der Waals surface area contributed by atoms with Crippen LogP contribution >= 0.6 is 23.2 Å². The summed E-state index contributed by atoms with van der Waals surface area (Å²) in [6.07, 6.45) is 0. The van der Waals surface area contributed by atoms with Crippen LogP contribution in [0.1, 0.15) is 0 Å². The van der Waals surface area contributed by atoms with E-state index >= 15 is 0 Å². The van der Waals surface area contributed by atoms with Crippen LogP contribution in [0.2, 0.25) is 5.02 Å². The summed E-state index contributed by atoms with van der Waals surface area (Å²) in [5.41, 5.74) is -0.212. The van der Waals surface area contributed by atoms with Crippen molar-refractivity contribution in [2.75, 3.05) is 19.5 Å². The fraction of sp³-hybridized carbons (Fsp3) is 0.273. The molecule has 1 aromatic heterocycles. The van der Waals surface area contributed by atoms with Gasteiger partial charge in [0.25, 0.3) is 0 Å². The molecule has 18 heavy (non-hydrogen) atoms. The summed E-state index contributed by atoms with van der Waals surface area (Å²) >= 11 is 11.3. The quantitative estimate of drug-likeness (QED) is 0.798. The predicted octanol–water partition coefficient (Wildman–Crippen LogP) is 2.39. The molecule has 0 aliphatic heterocycles. The molecule has 0 saturated carbocycles. The van der Waals surface area contributed by atoms with Gasteiger partial charge in [-0.2, -0.15) is 0 Å². The van der Waals surface area contributed by atoms with E-state index in [9.17, 15) is 9.59 Å². The molecular weight excluding hydrogens is 279 g/mol. The van der Waals surface area contributed by atoms with Gasteiger partial charge in [-0.15, -0.1) is 16.3 Å². The number of benzene rings is 1. The van der Waals surface area contributed by atoms with E-state index in [0.717, 1.165) is 4.74 Å². The Morgan fingerprint density at radius 1 is 1.50 bits per heavy atom. The number of carbonyl (C=O) groups excluding carboxylic acids is 1. The number of aromatic nitrogens is 1. The van der Waals surface area contributed by atoms with Gasteiger partial charge in [-0.05, 0) is 18.2 Å². The third-order valence-corrected chi connectivity index (χ3v) is 2.90. The Bertz CT molecular complexity index is 647. The molecule has 0 N–H and O–H groups in total. The van der Waals surface area contributed by atoms with Crippen LogP contribution in [-0.4, -0.2) is 35.1 Å². The van der Waals surface area contributed by atoms with Crippen LogP contribution in [0.3, 0.4) is 0 Å². The van der Waals surface area contributed by atoms with Crippen LogP contribution in [0, 0.1) is 0 Å². The van der Waals surface area contributed by atoms with Gasteiger partial charge in [0.15, 0.2) is 0 Å². The second-order valence-electron chi connectivity index (χ2n) is 3.73. The van der Waals surface area contributed by atoms with Crippen LogP contribution in [0.25, 0.3) is 10.9 Å². The topological polar surface area (TPSA) is 55.5 Å². The zero-order valence-corrected chi connectivity index (χ0v) is 11.0. The lowest BCUT2D eigenvalue weighted by atomic mass is 10.2. The van der Waals surface area contributed by atoms with E-state index < -0.39 is 11.7 Å². The van der Waals surface area contributed by atoms with Crippen molar-refractivity contribution in [1.29, 1.82) is 0 Å². The van der Waals surface area contributed by atoms with Crippen LogP contribution < -0.4 is 5.63 Å². The molecule has 7 heteroatoms. The molecule has 0 atom stereocenters. The van der Waals surface area contributed by atoms with E-state index in [1.807, 2.05) is 0 Å². The lowest BCUT2D eigenvalue weighted by molar-refractivity contribution is 0.181. The number of fused-ring (bicyclic) bond motifs is 1. The van der Waals surface area contributed by atoms with Gasteiger partial charge in [0.2, 0.25) is 0 Å². The number of hydrogen-bond donors (Lipinski definition) is 0. The predicted molar refractivity (Wildman–Crippen MR) is 69.6 cm³/mol. The van der Waals surface area contributed by atoms with E-state index in [4.69, 9.17) is 27.7 Å². The smallest absolute Gasteiger partial charge is 0.326 e. The first-order chi connectivity index (χ1) is 8.54. The Hall–Kier alpha value is -1.46. The van der Waals surface area contributed by atoms with Crippen molar-refractivity contribution in [3.63, 3.8) is 0 Å². The van der Waals surface area contributed by atoms with Gasteiger partial charge in [-0.25, -0.2) is 9.59 Å². The molecule has 0 bridgehead atoms. The molecule has 0 spiro atoms. The highest BCUT2D eigenvalue weighted by Crippen LogP contribution is 2.17. The van der Waals surface area contributed by atoms with Gasteiger partial charge in [-0.1, -0.05) is 11.6 Å². The third-order valence-electron chi connectivity index (χ3n) is 2.49. The van der Waals surface area contributed by atoms with Gasteiger partial charge < -0.3 is 9.42 Å². The van der Waals surface area contributed by atoms with E-state index in [-0.39, 0.29) is 5.39 Å². The molecule has 0 fully saturated rings. The van der Waals surface area contributed by atoms with Crippen molar-refractivity contribution in [3.8, 4) is 0 Å². The fourth-order valence-electron chi connectivity index (χ4n) is 1.55. The third kappa shape index (κ3) is 2.23. The lowest BCUT2D eigenvalue weighted by Crippen LogP contribution is -2.32. The molecule has 5 nitrogen and oxygen atoms in total. The Morgan fingerprint density at radius 2 is 2.22 bits per heavy atom.